The molecule has 0 bridgehead atoms. The molecule has 33 heavy (non-hydrogen) atoms. The van der Waals surface area contributed by atoms with Crippen molar-refractivity contribution in [1.29, 1.82) is 0 Å². The monoisotopic (exact) mass is 495 g/mol. The number of hydrogen-bond acceptors (Lipinski definition) is 8. The summed E-state index contributed by atoms with van der Waals surface area (Å²) >= 11 is 7.03. The molecule has 2 aliphatic rings. The SMILES string of the molecule is O=C(NC[C@H]1CN(c2ccc(N3CCOCC3=O)cc2OCCO)C(=O)O1)c1ccc(Cl)s1. The van der Waals surface area contributed by atoms with Gasteiger partial charge in [-0.2, -0.15) is 0 Å². The van der Waals surface area contributed by atoms with Crippen molar-refractivity contribution in [2.24, 2.45) is 0 Å². The first-order chi connectivity index (χ1) is 16.0. The molecule has 0 unspecified atom stereocenters. The molecule has 12 heteroatoms. The third-order valence-electron chi connectivity index (χ3n) is 5.04. The van der Waals surface area contributed by atoms with E-state index in [1.165, 1.54) is 4.90 Å². The van der Waals surface area contributed by atoms with Crippen LogP contribution in [0.5, 0.6) is 5.75 Å². The largest absolute Gasteiger partial charge is 0.489 e. The number of halogens is 1. The standard InChI is InChI=1S/C21H22ClN3O7S/c22-18-4-3-17(33-18)20(28)23-10-14-11-25(21(29)32-14)15-2-1-13(9-16(15)31-8-6-26)24-5-7-30-12-19(24)27/h1-4,9,14,26H,5-8,10-12H2,(H,23,28)/t14-/m0/s1. The molecular formula is C21H22ClN3O7S. The predicted molar refractivity (Wildman–Crippen MR) is 121 cm³/mol. The fraction of sp³-hybridized carbons (Fsp3) is 0.381. The van der Waals surface area contributed by atoms with Gasteiger partial charge in [0.15, 0.2) is 0 Å². The number of anilines is 2. The van der Waals surface area contributed by atoms with Crippen molar-refractivity contribution >= 4 is 52.2 Å². The van der Waals surface area contributed by atoms with Gasteiger partial charge in [-0.1, -0.05) is 11.6 Å². The quantitative estimate of drug-likeness (QED) is 0.574. The minimum absolute atomic E-state index is 0.00187. The third-order valence-corrected chi connectivity index (χ3v) is 6.27. The van der Waals surface area contributed by atoms with Crippen LogP contribution in [0.4, 0.5) is 16.2 Å². The number of aliphatic hydroxyl groups excluding tert-OH is 1. The maximum absolute atomic E-state index is 12.6. The van der Waals surface area contributed by atoms with Crippen molar-refractivity contribution in [3.8, 4) is 5.75 Å². The number of rotatable bonds is 8. The van der Waals surface area contributed by atoms with E-state index >= 15 is 0 Å². The number of ether oxygens (including phenoxy) is 3. The molecule has 2 aliphatic heterocycles. The van der Waals surface area contributed by atoms with E-state index in [9.17, 15) is 19.5 Å². The highest BCUT2D eigenvalue weighted by Gasteiger charge is 2.35. The summed E-state index contributed by atoms with van der Waals surface area (Å²) in [6.07, 6.45) is -1.15. The highest BCUT2D eigenvalue weighted by Crippen LogP contribution is 2.35. The molecule has 2 saturated heterocycles. The van der Waals surface area contributed by atoms with Crippen molar-refractivity contribution in [3.05, 3.63) is 39.5 Å². The van der Waals surface area contributed by atoms with Gasteiger partial charge in [-0.05, 0) is 24.3 Å². The number of hydrogen-bond donors (Lipinski definition) is 2. The molecule has 1 aromatic heterocycles. The number of benzene rings is 1. The minimum Gasteiger partial charge on any atom is -0.489 e. The first-order valence-electron chi connectivity index (χ1n) is 10.2. The van der Waals surface area contributed by atoms with Crippen molar-refractivity contribution in [1.82, 2.24) is 5.32 Å². The molecule has 0 aliphatic carbocycles. The van der Waals surface area contributed by atoms with Crippen LogP contribution in [0, 0.1) is 0 Å². The number of nitrogens with one attached hydrogen (secondary N) is 1. The Labute approximate surface area is 198 Å². The summed E-state index contributed by atoms with van der Waals surface area (Å²) in [7, 11) is 0. The van der Waals surface area contributed by atoms with Gasteiger partial charge in [0.1, 0.15) is 25.1 Å². The number of morpholine rings is 1. The van der Waals surface area contributed by atoms with Crippen molar-refractivity contribution in [3.63, 3.8) is 0 Å². The smallest absolute Gasteiger partial charge is 0.414 e. The van der Waals surface area contributed by atoms with Crippen LogP contribution in [0.3, 0.4) is 0 Å². The molecule has 0 saturated carbocycles. The molecule has 2 aromatic rings. The van der Waals surface area contributed by atoms with Crippen LogP contribution in [0.2, 0.25) is 4.34 Å². The lowest BCUT2D eigenvalue weighted by atomic mass is 10.2. The summed E-state index contributed by atoms with van der Waals surface area (Å²) < 4.78 is 16.7. The average molecular weight is 496 g/mol. The number of carbonyl (C=O) groups is 3. The second kappa shape index (κ2) is 10.4. The number of amides is 3. The number of carbonyl (C=O) groups excluding carboxylic acids is 3. The predicted octanol–water partition coefficient (Wildman–Crippen LogP) is 1.89. The number of cyclic esters (lactones) is 1. The number of nitrogens with zero attached hydrogens (tertiary/aromatic N) is 2. The Hall–Kier alpha value is -2.86. The molecule has 176 valence electrons. The highest BCUT2D eigenvalue weighted by molar-refractivity contribution is 7.18. The highest BCUT2D eigenvalue weighted by atomic mass is 35.5. The number of thiophene rings is 1. The van der Waals surface area contributed by atoms with Crippen LogP contribution in [0.25, 0.3) is 0 Å². The Morgan fingerprint density at radius 2 is 2.12 bits per heavy atom. The van der Waals surface area contributed by atoms with Gasteiger partial charge in [0, 0.05) is 18.3 Å². The lowest BCUT2D eigenvalue weighted by Crippen LogP contribution is -2.41. The molecule has 3 heterocycles. The van der Waals surface area contributed by atoms with Gasteiger partial charge in [0.2, 0.25) is 0 Å². The van der Waals surface area contributed by atoms with Gasteiger partial charge in [0.05, 0.1) is 41.2 Å². The zero-order valence-electron chi connectivity index (χ0n) is 17.5. The van der Waals surface area contributed by atoms with E-state index in [0.29, 0.717) is 39.5 Å². The van der Waals surface area contributed by atoms with E-state index in [4.69, 9.17) is 25.8 Å². The van der Waals surface area contributed by atoms with Crippen LogP contribution >= 0.6 is 22.9 Å². The van der Waals surface area contributed by atoms with Gasteiger partial charge in [-0.15, -0.1) is 11.3 Å². The van der Waals surface area contributed by atoms with Gasteiger partial charge >= 0.3 is 6.09 Å². The lowest BCUT2D eigenvalue weighted by Gasteiger charge is -2.28. The molecule has 1 atom stereocenters. The molecule has 0 spiro atoms. The maximum atomic E-state index is 12.6. The minimum atomic E-state index is -0.586. The summed E-state index contributed by atoms with van der Waals surface area (Å²) in [5.41, 5.74) is 1.04. The summed E-state index contributed by atoms with van der Waals surface area (Å²) in [6.45, 7) is 0.938. The van der Waals surface area contributed by atoms with Crippen LogP contribution in [0.1, 0.15) is 9.67 Å². The van der Waals surface area contributed by atoms with Crippen molar-refractivity contribution in [2.75, 3.05) is 55.9 Å². The first-order valence-corrected chi connectivity index (χ1v) is 11.4. The molecule has 0 radical (unpaired) electrons. The Morgan fingerprint density at radius 1 is 1.27 bits per heavy atom. The van der Waals surface area contributed by atoms with Crippen LogP contribution in [-0.2, 0) is 14.3 Å². The Balaban J connectivity index is 1.46. The normalized spacial score (nSPS) is 18.4. The fourth-order valence-corrected chi connectivity index (χ4v) is 4.47. The molecule has 2 N–H and O–H groups in total. The van der Waals surface area contributed by atoms with E-state index in [-0.39, 0.29) is 44.7 Å². The first kappa shape index (κ1) is 23.3. The summed E-state index contributed by atoms with van der Waals surface area (Å²) in [5.74, 6) is -0.144. The van der Waals surface area contributed by atoms with E-state index in [1.807, 2.05) is 0 Å². The summed E-state index contributed by atoms with van der Waals surface area (Å²) in [6, 6.07) is 8.30. The van der Waals surface area contributed by atoms with E-state index < -0.39 is 12.2 Å². The van der Waals surface area contributed by atoms with Crippen molar-refractivity contribution in [2.45, 2.75) is 6.10 Å². The fourth-order valence-electron chi connectivity index (χ4n) is 3.51. The Bertz CT molecular complexity index is 1050. The lowest BCUT2D eigenvalue weighted by molar-refractivity contribution is -0.125. The van der Waals surface area contributed by atoms with E-state index in [0.717, 1.165) is 11.3 Å². The Kier molecular flexibility index (Phi) is 7.33. The summed E-state index contributed by atoms with van der Waals surface area (Å²) in [5, 5.41) is 11.9. The van der Waals surface area contributed by atoms with Gasteiger partial charge < -0.3 is 29.5 Å². The number of aliphatic hydroxyl groups is 1. The second-order valence-electron chi connectivity index (χ2n) is 7.25. The molecule has 10 nitrogen and oxygen atoms in total. The topological polar surface area (TPSA) is 118 Å². The average Bonchev–Trinajstić information content (AvgIpc) is 3.41. The van der Waals surface area contributed by atoms with Crippen LogP contribution in [0.15, 0.2) is 30.3 Å². The van der Waals surface area contributed by atoms with Crippen LogP contribution < -0.4 is 19.9 Å². The maximum Gasteiger partial charge on any atom is 0.414 e. The van der Waals surface area contributed by atoms with Crippen molar-refractivity contribution < 1.29 is 33.7 Å². The third kappa shape index (κ3) is 5.38. The van der Waals surface area contributed by atoms with E-state index in [1.54, 1.807) is 35.2 Å². The zero-order valence-corrected chi connectivity index (χ0v) is 19.1. The van der Waals surface area contributed by atoms with Gasteiger partial charge in [-0.3, -0.25) is 14.5 Å². The molecule has 3 amide bonds. The second-order valence-corrected chi connectivity index (χ2v) is 8.97. The molecular weight excluding hydrogens is 474 g/mol. The van der Waals surface area contributed by atoms with E-state index in [2.05, 4.69) is 5.32 Å². The Morgan fingerprint density at radius 3 is 2.85 bits per heavy atom. The molecule has 2 fully saturated rings. The molecule has 1 aromatic carbocycles. The van der Waals surface area contributed by atoms with Gasteiger partial charge in [0.25, 0.3) is 11.8 Å². The zero-order chi connectivity index (χ0) is 23.4. The van der Waals surface area contributed by atoms with Crippen LogP contribution in [-0.4, -0.2) is 75.2 Å². The van der Waals surface area contributed by atoms with Gasteiger partial charge in [-0.25, -0.2) is 4.79 Å². The summed E-state index contributed by atoms with van der Waals surface area (Å²) in [4.78, 5) is 40.4. The molecule has 4 rings (SSSR count).